The highest BCUT2D eigenvalue weighted by Crippen LogP contribution is 2.54. The Hall–Kier alpha value is -7.16. The second-order valence-corrected chi connectivity index (χ2v) is 14.8. The zero-order valence-corrected chi connectivity index (χ0v) is 29.2. The third-order valence-electron chi connectivity index (χ3n) is 12.1. The molecule has 0 atom stereocenters. The minimum Gasteiger partial charge on any atom is -0.309 e. The van der Waals surface area contributed by atoms with Crippen molar-refractivity contribution in [2.24, 2.45) is 0 Å². The lowest BCUT2D eigenvalue weighted by atomic mass is 9.94. The molecule has 13 rings (SSSR count). The summed E-state index contributed by atoms with van der Waals surface area (Å²) in [6.07, 6.45) is 0. The van der Waals surface area contributed by atoms with Gasteiger partial charge in [0.05, 0.1) is 22.1 Å². The third-order valence-corrected chi connectivity index (χ3v) is 12.1. The first kappa shape index (κ1) is 28.4. The molecule has 1 aliphatic carbocycles. The van der Waals surface area contributed by atoms with Gasteiger partial charge >= 0.3 is 0 Å². The molecule has 0 spiro atoms. The van der Waals surface area contributed by atoms with E-state index in [4.69, 9.17) is 0 Å². The number of hydrogen-bond acceptors (Lipinski definition) is 0. The minimum atomic E-state index is 1.16. The van der Waals surface area contributed by atoms with Gasteiger partial charge in [-0.2, -0.15) is 0 Å². The summed E-state index contributed by atoms with van der Waals surface area (Å²) in [5.41, 5.74) is 14.8. The van der Waals surface area contributed by atoms with Crippen LogP contribution in [-0.2, 0) is 0 Å². The highest BCUT2D eigenvalue weighted by molar-refractivity contribution is 6.46. The molecule has 0 N–H and O–H groups in total. The van der Waals surface area contributed by atoms with Gasteiger partial charge in [0.2, 0.25) is 0 Å². The van der Waals surface area contributed by atoms with Crippen LogP contribution in [0.4, 0.5) is 0 Å². The standard InChI is InChI=1S/C52H30N2/c1-3-12-31(13-4-1)32-14-7-15-33(28-32)34-16-8-20-37(29-34)54-42-25-11-24-41-40-23-10-22-39-38-21-9-17-35-30-45-51(52(46(35)38)47(39)40)50-44(27-26-43(54)49(50)48(41)42)53(45)36-18-5-2-6-19-36/h1-30H. The van der Waals surface area contributed by atoms with Crippen molar-refractivity contribution in [2.75, 3.05) is 0 Å². The molecule has 2 aromatic heterocycles. The van der Waals surface area contributed by atoms with E-state index in [1.54, 1.807) is 0 Å². The first-order valence-corrected chi connectivity index (χ1v) is 18.8. The van der Waals surface area contributed by atoms with Crippen LogP contribution < -0.4 is 0 Å². The molecule has 12 aromatic rings. The van der Waals surface area contributed by atoms with E-state index in [1.165, 1.54) is 115 Å². The third kappa shape index (κ3) is 3.55. The molecule has 0 radical (unpaired) electrons. The smallest absolute Gasteiger partial charge is 0.0553 e. The summed E-state index contributed by atoms with van der Waals surface area (Å²) in [7, 11) is 0. The second kappa shape index (κ2) is 10.2. The Kier molecular flexibility index (Phi) is 5.39. The van der Waals surface area contributed by atoms with Gasteiger partial charge in [0.15, 0.2) is 0 Å². The SMILES string of the molecule is c1ccc(-c2cccc(-c3cccc(-n4c5cccc6c7cccc8c7c7c9c-8cccc9cc8c7c7c(c65)c4ccc7n8-c4ccccc4)c3)c2)cc1. The lowest BCUT2D eigenvalue weighted by Crippen LogP contribution is -1.95. The number of para-hydroxylation sites is 1. The van der Waals surface area contributed by atoms with E-state index >= 15 is 0 Å². The second-order valence-electron chi connectivity index (χ2n) is 14.8. The zero-order valence-electron chi connectivity index (χ0n) is 29.2. The molecular weight excluding hydrogens is 653 g/mol. The van der Waals surface area contributed by atoms with Crippen LogP contribution in [0.5, 0.6) is 0 Å². The lowest BCUT2D eigenvalue weighted by molar-refractivity contribution is 1.17. The number of fused-ring (bicyclic) bond motifs is 2. The van der Waals surface area contributed by atoms with Crippen LogP contribution in [0.3, 0.4) is 0 Å². The van der Waals surface area contributed by atoms with Crippen LogP contribution in [0, 0.1) is 0 Å². The number of benzene rings is 9. The van der Waals surface area contributed by atoms with Gasteiger partial charge in [0.25, 0.3) is 0 Å². The fraction of sp³-hybridized carbons (Fsp3) is 0. The average Bonchev–Trinajstić information content (AvgIpc) is 3.87. The summed E-state index contributed by atoms with van der Waals surface area (Å²) in [5, 5.41) is 13.3. The minimum absolute atomic E-state index is 1.16. The Morgan fingerprint density at radius 2 is 0.778 bits per heavy atom. The molecule has 0 saturated heterocycles. The van der Waals surface area contributed by atoms with Gasteiger partial charge in [0.1, 0.15) is 0 Å². The van der Waals surface area contributed by atoms with Gasteiger partial charge in [-0.15, -0.1) is 0 Å². The van der Waals surface area contributed by atoms with Gasteiger partial charge in [-0.1, -0.05) is 127 Å². The maximum absolute atomic E-state index is 2.51. The van der Waals surface area contributed by atoms with E-state index in [0.717, 1.165) is 5.69 Å². The zero-order chi connectivity index (χ0) is 35.1. The quantitative estimate of drug-likeness (QED) is 0.175. The van der Waals surface area contributed by atoms with Crippen LogP contribution in [0.25, 0.3) is 121 Å². The summed E-state index contributed by atoms with van der Waals surface area (Å²) in [5.74, 6) is 0. The van der Waals surface area contributed by atoms with Crippen molar-refractivity contribution < 1.29 is 0 Å². The first-order chi connectivity index (χ1) is 26.8. The van der Waals surface area contributed by atoms with E-state index in [2.05, 4.69) is 191 Å². The lowest BCUT2D eigenvalue weighted by Gasteiger charge is -2.12. The molecule has 0 aliphatic heterocycles. The van der Waals surface area contributed by atoms with Crippen molar-refractivity contribution >= 4 is 75.9 Å². The molecule has 2 heterocycles. The van der Waals surface area contributed by atoms with E-state index < -0.39 is 0 Å². The molecule has 54 heavy (non-hydrogen) atoms. The van der Waals surface area contributed by atoms with Crippen LogP contribution in [0.1, 0.15) is 0 Å². The molecule has 248 valence electrons. The molecule has 1 aliphatic rings. The molecule has 0 fully saturated rings. The number of rotatable bonds is 4. The van der Waals surface area contributed by atoms with Crippen LogP contribution in [0.15, 0.2) is 182 Å². The maximum atomic E-state index is 2.51. The Balaban J connectivity index is 1.20. The van der Waals surface area contributed by atoms with Crippen LogP contribution in [0.2, 0.25) is 0 Å². The molecule has 2 heteroatoms. The van der Waals surface area contributed by atoms with Crippen LogP contribution >= 0.6 is 0 Å². The number of hydrogen-bond donors (Lipinski definition) is 0. The van der Waals surface area contributed by atoms with Crippen molar-refractivity contribution in [3.63, 3.8) is 0 Å². The van der Waals surface area contributed by atoms with E-state index in [9.17, 15) is 0 Å². The summed E-state index contributed by atoms with van der Waals surface area (Å²) < 4.78 is 5.02. The van der Waals surface area contributed by atoms with Crippen LogP contribution in [-0.4, -0.2) is 9.13 Å². The van der Waals surface area contributed by atoms with Gasteiger partial charge in [-0.3, -0.25) is 0 Å². The maximum Gasteiger partial charge on any atom is 0.0553 e. The number of nitrogens with zero attached hydrogens (tertiary/aromatic N) is 2. The molecule has 2 nitrogen and oxygen atoms in total. The summed E-state index contributed by atoms with van der Waals surface area (Å²) in [6, 6.07) is 67.5. The van der Waals surface area contributed by atoms with Gasteiger partial charge < -0.3 is 9.13 Å². The van der Waals surface area contributed by atoms with E-state index in [1.807, 2.05) is 0 Å². The largest absolute Gasteiger partial charge is 0.309 e. The van der Waals surface area contributed by atoms with Crippen molar-refractivity contribution in [3.8, 4) is 44.8 Å². The number of aromatic nitrogens is 2. The molecule has 10 aromatic carbocycles. The molecule has 0 bridgehead atoms. The summed E-state index contributed by atoms with van der Waals surface area (Å²) >= 11 is 0. The first-order valence-electron chi connectivity index (χ1n) is 18.8. The fourth-order valence-corrected chi connectivity index (χ4v) is 10.0. The average molecular weight is 683 g/mol. The van der Waals surface area contributed by atoms with Gasteiger partial charge in [-0.05, 0) is 115 Å². The normalized spacial score (nSPS) is 12.4. The van der Waals surface area contributed by atoms with Crippen molar-refractivity contribution in [1.29, 1.82) is 0 Å². The van der Waals surface area contributed by atoms with Gasteiger partial charge in [-0.25, -0.2) is 0 Å². The van der Waals surface area contributed by atoms with E-state index in [-0.39, 0.29) is 0 Å². The van der Waals surface area contributed by atoms with Crippen molar-refractivity contribution in [3.05, 3.63) is 182 Å². The Morgan fingerprint density at radius 1 is 0.259 bits per heavy atom. The highest BCUT2D eigenvalue weighted by Gasteiger charge is 2.29. The molecule has 0 saturated carbocycles. The monoisotopic (exact) mass is 682 g/mol. The Bertz CT molecular complexity index is 3530. The van der Waals surface area contributed by atoms with Crippen molar-refractivity contribution in [1.82, 2.24) is 9.13 Å². The topological polar surface area (TPSA) is 9.86 Å². The summed E-state index contributed by atoms with van der Waals surface area (Å²) in [4.78, 5) is 0. The van der Waals surface area contributed by atoms with E-state index in [0.29, 0.717) is 0 Å². The highest BCUT2D eigenvalue weighted by atomic mass is 15.0. The summed E-state index contributed by atoms with van der Waals surface area (Å²) in [6.45, 7) is 0. The van der Waals surface area contributed by atoms with Gasteiger partial charge in [0, 0.05) is 38.3 Å². The Morgan fingerprint density at radius 3 is 1.57 bits per heavy atom. The van der Waals surface area contributed by atoms with Crippen molar-refractivity contribution in [2.45, 2.75) is 0 Å². The predicted octanol–water partition coefficient (Wildman–Crippen LogP) is 14.1. The molecule has 0 unspecified atom stereocenters. The fourth-order valence-electron chi connectivity index (χ4n) is 10.0. The predicted molar refractivity (Wildman–Crippen MR) is 229 cm³/mol. The Labute approximate surface area is 310 Å². The molecule has 0 amide bonds. The molecular formula is C52H30N2.